The van der Waals surface area contributed by atoms with Crippen LogP contribution in [0, 0.1) is 0 Å². The third-order valence-corrected chi connectivity index (χ3v) is 4.56. The van der Waals surface area contributed by atoms with Crippen molar-refractivity contribution in [2.24, 2.45) is 0 Å². The highest BCUT2D eigenvalue weighted by molar-refractivity contribution is 7.89. The van der Waals surface area contributed by atoms with Crippen molar-refractivity contribution in [3.05, 3.63) is 18.2 Å². The van der Waals surface area contributed by atoms with Crippen LogP contribution in [0.2, 0.25) is 0 Å². The first-order valence-corrected chi connectivity index (χ1v) is 7.72. The van der Waals surface area contributed by atoms with Gasteiger partial charge in [-0.2, -0.15) is 0 Å². The number of benzene rings is 1. The number of piperidine rings is 1. The van der Waals surface area contributed by atoms with Crippen LogP contribution in [-0.2, 0) is 10.0 Å². The molecule has 3 N–H and O–H groups in total. The van der Waals surface area contributed by atoms with Crippen LogP contribution in [0.5, 0.6) is 5.75 Å². The fourth-order valence-electron chi connectivity index (χ4n) is 2.10. The van der Waals surface area contributed by atoms with E-state index in [0.717, 1.165) is 32.4 Å². The summed E-state index contributed by atoms with van der Waals surface area (Å²) < 4.78 is 29.5. The van der Waals surface area contributed by atoms with Gasteiger partial charge in [0.05, 0.1) is 12.8 Å². The number of nitrogens with one attached hydrogen (secondary N) is 1. The quantitative estimate of drug-likeness (QED) is 0.805. The molecule has 7 heteroatoms. The molecule has 1 aromatic rings. The Kier molecular flexibility index (Phi) is 4.28. The Labute approximate surface area is 113 Å². The van der Waals surface area contributed by atoms with Crippen LogP contribution in [0.25, 0.3) is 0 Å². The summed E-state index contributed by atoms with van der Waals surface area (Å²) in [6.07, 6.45) is 3.14. The number of hydrogen-bond donors (Lipinski definition) is 2. The van der Waals surface area contributed by atoms with Crippen LogP contribution < -0.4 is 15.3 Å². The monoisotopic (exact) mass is 285 g/mol. The fourth-order valence-corrected chi connectivity index (χ4v) is 3.34. The van der Waals surface area contributed by atoms with Gasteiger partial charge in [-0.1, -0.05) is 6.42 Å². The van der Waals surface area contributed by atoms with Gasteiger partial charge in [-0.05, 0) is 25.0 Å². The van der Waals surface area contributed by atoms with Gasteiger partial charge in [-0.3, -0.25) is 0 Å². The first kappa shape index (κ1) is 14.1. The van der Waals surface area contributed by atoms with Crippen molar-refractivity contribution in [2.75, 3.05) is 25.9 Å². The molecule has 0 spiro atoms. The molecule has 106 valence electrons. The van der Waals surface area contributed by atoms with E-state index >= 15 is 0 Å². The molecular weight excluding hydrogens is 266 g/mol. The summed E-state index contributed by atoms with van der Waals surface area (Å²) in [5.74, 6) is 0.537. The molecule has 1 heterocycles. The molecule has 0 saturated carbocycles. The number of anilines is 1. The second-order valence-corrected chi connectivity index (χ2v) is 6.18. The van der Waals surface area contributed by atoms with Gasteiger partial charge in [0.1, 0.15) is 10.6 Å². The predicted molar refractivity (Wildman–Crippen MR) is 73.2 cm³/mol. The van der Waals surface area contributed by atoms with Crippen LogP contribution in [-0.4, -0.2) is 33.6 Å². The Bertz CT molecular complexity index is 539. The van der Waals surface area contributed by atoms with E-state index in [1.54, 1.807) is 11.1 Å². The Morgan fingerprint density at radius 2 is 1.95 bits per heavy atom. The number of hydrazine groups is 1. The lowest BCUT2D eigenvalue weighted by atomic mass is 10.2. The summed E-state index contributed by atoms with van der Waals surface area (Å²) in [5.41, 5.74) is 5.95. The van der Waals surface area contributed by atoms with E-state index in [1.807, 2.05) is 0 Å². The molecule has 0 unspecified atom stereocenters. The number of nitrogen functional groups attached to an aromatic ring is 1. The average molecular weight is 285 g/mol. The van der Waals surface area contributed by atoms with Crippen LogP contribution >= 0.6 is 0 Å². The molecule has 0 radical (unpaired) electrons. The number of ether oxygens (including phenoxy) is 1. The van der Waals surface area contributed by atoms with Crippen molar-refractivity contribution in [1.82, 2.24) is 9.84 Å². The van der Waals surface area contributed by atoms with Crippen molar-refractivity contribution in [3.63, 3.8) is 0 Å². The second-order valence-electron chi connectivity index (χ2n) is 4.55. The van der Waals surface area contributed by atoms with E-state index in [0.29, 0.717) is 5.75 Å². The van der Waals surface area contributed by atoms with Gasteiger partial charge in [0.2, 0.25) is 0 Å². The zero-order chi connectivity index (χ0) is 13.9. The van der Waals surface area contributed by atoms with E-state index in [9.17, 15) is 8.42 Å². The first-order chi connectivity index (χ1) is 9.03. The minimum atomic E-state index is -3.62. The van der Waals surface area contributed by atoms with E-state index in [-0.39, 0.29) is 10.6 Å². The van der Waals surface area contributed by atoms with Crippen LogP contribution in [0.15, 0.2) is 23.1 Å². The van der Waals surface area contributed by atoms with E-state index < -0.39 is 10.0 Å². The number of sulfonamides is 1. The molecule has 0 aliphatic carbocycles. The highest BCUT2D eigenvalue weighted by Gasteiger charge is 2.22. The summed E-state index contributed by atoms with van der Waals surface area (Å²) in [6.45, 7) is 1.46. The van der Waals surface area contributed by atoms with E-state index in [2.05, 4.69) is 4.83 Å². The number of rotatable bonds is 4. The highest BCUT2D eigenvalue weighted by Crippen LogP contribution is 2.24. The first-order valence-electron chi connectivity index (χ1n) is 6.24. The third-order valence-electron chi connectivity index (χ3n) is 3.11. The summed E-state index contributed by atoms with van der Waals surface area (Å²) in [6, 6.07) is 4.55. The number of nitrogens with zero attached hydrogens (tertiary/aromatic N) is 1. The van der Waals surface area contributed by atoms with E-state index in [1.165, 1.54) is 19.2 Å². The molecular formula is C12H19N3O3S. The molecule has 1 aliphatic heterocycles. The maximum absolute atomic E-state index is 12.2. The molecule has 0 amide bonds. The smallest absolute Gasteiger partial charge is 0.255 e. The normalized spacial score (nSPS) is 17.3. The zero-order valence-electron chi connectivity index (χ0n) is 10.9. The SMILES string of the molecule is COc1ccc(S(=O)(=O)NN2CCCCC2)c(N)c1. The lowest BCUT2D eigenvalue weighted by Crippen LogP contribution is -2.45. The minimum Gasteiger partial charge on any atom is -0.497 e. The standard InChI is InChI=1S/C12H19N3O3S/c1-18-10-5-6-12(11(13)9-10)19(16,17)14-15-7-3-2-4-8-15/h5-6,9,14H,2-4,7-8,13H2,1H3. The number of nitrogens with two attached hydrogens (primary N) is 1. The molecule has 1 fully saturated rings. The predicted octanol–water partition coefficient (Wildman–Crippen LogP) is 0.957. The second kappa shape index (κ2) is 5.77. The van der Waals surface area contributed by atoms with Gasteiger partial charge in [-0.25, -0.2) is 13.4 Å². The molecule has 1 aromatic carbocycles. The Balaban J connectivity index is 2.18. The van der Waals surface area contributed by atoms with Crippen LogP contribution in [0.3, 0.4) is 0 Å². The molecule has 1 saturated heterocycles. The minimum absolute atomic E-state index is 0.0823. The highest BCUT2D eigenvalue weighted by atomic mass is 32.2. The Hall–Kier alpha value is -1.31. The molecule has 0 aromatic heterocycles. The summed E-state index contributed by atoms with van der Waals surface area (Å²) in [7, 11) is -2.11. The van der Waals surface area contributed by atoms with Gasteiger partial charge >= 0.3 is 0 Å². The van der Waals surface area contributed by atoms with Gasteiger partial charge in [0.15, 0.2) is 0 Å². The topological polar surface area (TPSA) is 84.7 Å². The van der Waals surface area contributed by atoms with Gasteiger partial charge in [0.25, 0.3) is 10.0 Å². The molecule has 0 atom stereocenters. The fraction of sp³-hybridized carbons (Fsp3) is 0.500. The lowest BCUT2D eigenvalue weighted by Gasteiger charge is -2.26. The van der Waals surface area contributed by atoms with E-state index in [4.69, 9.17) is 10.5 Å². The van der Waals surface area contributed by atoms with Gasteiger partial charge in [0, 0.05) is 19.2 Å². The van der Waals surface area contributed by atoms with Crippen molar-refractivity contribution in [1.29, 1.82) is 0 Å². The van der Waals surface area contributed by atoms with Gasteiger partial charge in [-0.15, -0.1) is 4.83 Å². The third kappa shape index (κ3) is 3.37. The van der Waals surface area contributed by atoms with Crippen LogP contribution in [0.4, 0.5) is 5.69 Å². The van der Waals surface area contributed by atoms with Crippen molar-refractivity contribution in [3.8, 4) is 5.75 Å². The summed E-state index contributed by atoms with van der Waals surface area (Å²) in [5, 5.41) is 1.72. The Morgan fingerprint density at radius 3 is 2.53 bits per heavy atom. The zero-order valence-corrected chi connectivity index (χ0v) is 11.7. The maximum Gasteiger partial charge on any atom is 0.255 e. The van der Waals surface area contributed by atoms with Gasteiger partial charge < -0.3 is 10.5 Å². The molecule has 19 heavy (non-hydrogen) atoms. The van der Waals surface area contributed by atoms with Crippen molar-refractivity contribution < 1.29 is 13.2 Å². The molecule has 0 bridgehead atoms. The Morgan fingerprint density at radius 1 is 1.26 bits per heavy atom. The average Bonchev–Trinajstić information content (AvgIpc) is 2.38. The van der Waals surface area contributed by atoms with Crippen molar-refractivity contribution >= 4 is 15.7 Å². The maximum atomic E-state index is 12.2. The number of methoxy groups -OCH3 is 1. The molecule has 1 aliphatic rings. The summed E-state index contributed by atoms with van der Waals surface area (Å²) >= 11 is 0. The summed E-state index contributed by atoms with van der Waals surface area (Å²) in [4.78, 5) is 2.66. The molecule has 6 nitrogen and oxygen atoms in total. The molecule has 2 rings (SSSR count). The number of hydrogen-bond acceptors (Lipinski definition) is 5. The lowest BCUT2D eigenvalue weighted by molar-refractivity contribution is 0.200. The van der Waals surface area contributed by atoms with Crippen LogP contribution in [0.1, 0.15) is 19.3 Å². The van der Waals surface area contributed by atoms with Crippen molar-refractivity contribution in [2.45, 2.75) is 24.2 Å². The largest absolute Gasteiger partial charge is 0.497 e.